The molecule has 0 bridgehead atoms. The fourth-order valence-electron chi connectivity index (χ4n) is 5.70. The van der Waals surface area contributed by atoms with E-state index in [9.17, 15) is 23.5 Å². The number of fused-ring (bicyclic) bond motifs is 2. The summed E-state index contributed by atoms with van der Waals surface area (Å²) in [4.78, 5) is 27.6. The maximum atomic E-state index is 14.9. The summed E-state index contributed by atoms with van der Waals surface area (Å²) in [7, 11) is 0. The zero-order chi connectivity index (χ0) is 28.0. The topological polar surface area (TPSA) is 111 Å². The third-order valence-electron chi connectivity index (χ3n) is 7.27. The van der Waals surface area contributed by atoms with Gasteiger partial charge in [0.05, 0.1) is 28.8 Å². The highest BCUT2D eigenvalue weighted by atomic mass is 35.5. The van der Waals surface area contributed by atoms with E-state index in [4.69, 9.17) is 28.3 Å². The molecule has 2 heterocycles. The molecule has 2 aromatic carbocycles. The van der Waals surface area contributed by atoms with E-state index in [0.29, 0.717) is 23.2 Å². The largest absolute Gasteiger partial charge is 0.394 e. The summed E-state index contributed by atoms with van der Waals surface area (Å²) in [5.41, 5.74) is -0.647. The number of nitrogens with one attached hydrogen (secondary N) is 3. The molecule has 206 valence electrons. The normalized spacial score (nSPS) is 25.4. The molecule has 1 saturated heterocycles. The zero-order valence-corrected chi connectivity index (χ0v) is 22.8. The highest BCUT2D eigenvalue weighted by Crippen LogP contribution is 2.57. The van der Waals surface area contributed by atoms with Gasteiger partial charge in [0.1, 0.15) is 17.0 Å². The molecule has 4 rings (SSSR count). The van der Waals surface area contributed by atoms with Crippen molar-refractivity contribution in [2.24, 2.45) is 5.41 Å². The lowest BCUT2D eigenvalue weighted by atomic mass is 9.62. The maximum absolute atomic E-state index is 14.9. The van der Waals surface area contributed by atoms with Gasteiger partial charge >= 0.3 is 0 Å². The number of carbonyl (C=O) groups excluding carboxylic acids is 2. The number of carbonyl (C=O) groups is 2. The minimum atomic E-state index is -1.46. The molecule has 2 aromatic rings. The number of aliphatic hydroxyl groups is 2. The second-order valence-corrected chi connectivity index (χ2v) is 12.0. The van der Waals surface area contributed by atoms with Gasteiger partial charge in [-0.05, 0) is 53.6 Å². The summed E-state index contributed by atoms with van der Waals surface area (Å²) in [5, 5.41) is 27.4. The van der Waals surface area contributed by atoms with E-state index in [2.05, 4.69) is 16.0 Å². The molecule has 0 radical (unpaired) electrons. The number of halogens is 4. The van der Waals surface area contributed by atoms with Crippen LogP contribution in [0.2, 0.25) is 10.0 Å². The summed E-state index contributed by atoms with van der Waals surface area (Å²) < 4.78 is 29.1. The Balaban J connectivity index is 1.90. The number of amides is 2. The molecule has 0 saturated carbocycles. The van der Waals surface area contributed by atoms with E-state index in [-0.39, 0.29) is 28.4 Å². The SMILES string of the molecule is CC(C)(C)CC1NC(C(=O)NCCC(O)CO)C(c2ccc(F)c(Cl)c2)C12C(=O)Nc1cc(Cl)c(F)cc12. The Bertz CT molecular complexity index is 1260. The molecule has 38 heavy (non-hydrogen) atoms. The lowest BCUT2D eigenvalue weighted by molar-refractivity contribution is -0.124. The first-order valence-electron chi connectivity index (χ1n) is 12.4. The standard InChI is InChI=1S/C27H31Cl2F2N3O4/c1-26(2,3)11-21-27(15-9-19(31)17(29)10-20(15)33-25(27)38)22(13-4-5-18(30)16(28)8-13)23(34-21)24(37)32-7-6-14(36)12-35/h4-5,8-10,14,21-23,34-36H,6-7,11-12H2,1-3H3,(H,32,37)(H,33,38). The predicted octanol–water partition coefficient (Wildman–Crippen LogP) is 3.88. The van der Waals surface area contributed by atoms with E-state index in [1.54, 1.807) is 0 Å². The lowest BCUT2D eigenvalue weighted by Gasteiger charge is -2.37. The minimum absolute atomic E-state index is 0.0690. The number of benzene rings is 2. The Kier molecular flexibility index (Phi) is 8.08. The van der Waals surface area contributed by atoms with Gasteiger partial charge in [0.2, 0.25) is 11.8 Å². The minimum Gasteiger partial charge on any atom is -0.394 e. The highest BCUT2D eigenvalue weighted by Gasteiger charge is 2.65. The first kappa shape index (κ1) is 28.7. The van der Waals surface area contributed by atoms with Crippen LogP contribution in [0.25, 0.3) is 0 Å². The maximum Gasteiger partial charge on any atom is 0.237 e. The smallest absolute Gasteiger partial charge is 0.237 e. The second kappa shape index (κ2) is 10.7. The van der Waals surface area contributed by atoms with Crippen LogP contribution in [0, 0.1) is 17.0 Å². The van der Waals surface area contributed by atoms with Crippen molar-refractivity contribution in [3.8, 4) is 0 Å². The van der Waals surface area contributed by atoms with Gasteiger partial charge in [-0.25, -0.2) is 8.78 Å². The van der Waals surface area contributed by atoms with E-state index in [1.165, 1.54) is 30.3 Å². The van der Waals surface area contributed by atoms with Crippen molar-refractivity contribution >= 4 is 40.7 Å². The van der Waals surface area contributed by atoms with Crippen molar-refractivity contribution in [2.45, 2.75) is 63.1 Å². The van der Waals surface area contributed by atoms with Crippen molar-refractivity contribution in [3.05, 3.63) is 63.1 Å². The zero-order valence-electron chi connectivity index (χ0n) is 21.2. The van der Waals surface area contributed by atoms with Crippen molar-refractivity contribution in [1.29, 1.82) is 0 Å². The molecular formula is C27H31Cl2F2N3O4. The molecule has 0 aliphatic carbocycles. The molecule has 5 N–H and O–H groups in total. The molecule has 11 heteroatoms. The molecule has 2 aliphatic rings. The first-order chi connectivity index (χ1) is 17.8. The van der Waals surface area contributed by atoms with Crippen LogP contribution in [0.5, 0.6) is 0 Å². The van der Waals surface area contributed by atoms with Crippen LogP contribution >= 0.6 is 23.2 Å². The fraction of sp³-hybridized carbons (Fsp3) is 0.481. The lowest BCUT2D eigenvalue weighted by Crippen LogP contribution is -2.49. The van der Waals surface area contributed by atoms with Crippen LogP contribution in [0.3, 0.4) is 0 Å². The van der Waals surface area contributed by atoms with Gasteiger partial charge in [-0.15, -0.1) is 0 Å². The van der Waals surface area contributed by atoms with Gasteiger partial charge in [0, 0.05) is 24.2 Å². The van der Waals surface area contributed by atoms with Crippen LogP contribution in [-0.4, -0.2) is 53.4 Å². The Hall–Kier alpha value is -2.30. The van der Waals surface area contributed by atoms with Crippen LogP contribution in [0.4, 0.5) is 14.5 Å². The number of hydrogen-bond donors (Lipinski definition) is 5. The number of anilines is 1. The third-order valence-corrected chi connectivity index (χ3v) is 7.85. The van der Waals surface area contributed by atoms with Gasteiger partial charge in [0.15, 0.2) is 0 Å². The van der Waals surface area contributed by atoms with Gasteiger partial charge in [0.25, 0.3) is 0 Å². The van der Waals surface area contributed by atoms with E-state index >= 15 is 0 Å². The van der Waals surface area contributed by atoms with E-state index in [1.807, 2.05) is 20.8 Å². The number of aliphatic hydroxyl groups excluding tert-OH is 2. The molecule has 2 amide bonds. The highest BCUT2D eigenvalue weighted by molar-refractivity contribution is 6.31. The summed E-state index contributed by atoms with van der Waals surface area (Å²) in [6.07, 6.45) is -0.451. The number of rotatable bonds is 7. The second-order valence-electron chi connectivity index (χ2n) is 11.2. The molecular weight excluding hydrogens is 539 g/mol. The van der Waals surface area contributed by atoms with Crippen molar-refractivity contribution in [3.63, 3.8) is 0 Å². The van der Waals surface area contributed by atoms with Crippen molar-refractivity contribution < 1.29 is 28.6 Å². The van der Waals surface area contributed by atoms with E-state index < -0.39 is 59.6 Å². The average Bonchev–Trinajstić information content (AvgIpc) is 3.30. The van der Waals surface area contributed by atoms with Crippen LogP contribution < -0.4 is 16.0 Å². The third kappa shape index (κ3) is 5.14. The monoisotopic (exact) mass is 569 g/mol. The van der Waals surface area contributed by atoms with Crippen LogP contribution in [0.15, 0.2) is 30.3 Å². The van der Waals surface area contributed by atoms with Crippen LogP contribution in [-0.2, 0) is 15.0 Å². The molecule has 2 aliphatic heterocycles. The van der Waals surface area contributed by atoms with Crippen molar-refractivity contribution in [2.75, 3.05) is 18.5 Å². The molecule has 5 unspecified atom stereocenters. The van der Waals surface area contributed by atoms with Gasteiger partial charge < -0.3 is 26.2 Å². The Morgan fingerprint density at radius 1 is 1.16 bits per heavy atom. The number of hydrogen-bond acceptors (Lipinski definition) is 5. The Morgan fingerprint density at radius 2 is 1.84 bits per heavy atom. The Labute approximate surface area is 229 Å². The molecule has 1 fully saturated rings. The van der Waals surface area contributed by atoms with E-state index in [0.717, 1.165) is 0 Å². The fourth-order valence-corrected chi connectivity index (χ4v) is 6.06. The quantitative estimate of drug-likeness (QED) is 0.347. The predicted molar refractivity (Wildman–Crippen MR) is 141 cm³/mol. The van der Waals surface area contributed by atoms with Crippen molar-refractivity contribution in [1.82, 2.24) is 10.6 Å². The molecule has 0 aromatic heterocycles. The first-order valence-corrected chi connectivity index (χ1v) is 13.1. The summed E-state index contributed by atoms with van der Waals surface area (Å²) >= 11 is 12.2. The molecule has 5 atom stereocenters. The molecule has 7 nitrogen and oxygen atoms in total. The Morgan fingerprint density at radius 3 is 2.47 bits per heavy atom. The van der Waals surface area contributed by atoms with Gasteiger partial charge in [-0.1, -0.05) is 50.0 Å². The van der Waals surface area contributed by atoms with Gasteiger partial charge in [-0.2, -0.15) is 0 Å². The average molecular weight is 570 g/mol. The summed E-state index contributed by atoms with van der Waals surface area (Å²) in [5.74, 6) is -3.18. The summed E-state index contributed by atoms with van der Waals surface area (Å²) in [6, 6.07) is 4.99. The molecule has 1 spiro atoms. The van der Waals surface area contributed by atoms with Gasteiger partial charge in [-0.3, -0.25) is 9.59 Å². The summed E-state index contributed by atoms with van der Waals surface area (Å²) in [6.45, 7) is 5.60. The van der Waals surface area contributed by atoms with Crippen LogP contribution in [0.1, 0.15) is 50.7 Å².